The third kappa shape index (κ3) is 7.18. The van der Waals surface area contributed by atoms with E-state index < -0.39 is 17.6 Å². The number of nitrogens with zero attached hydrogens (tertiary/aromatic N) is 2. The number of thiazole rings is 1. The number of benzene rings is 1. The standard InChI is InChI=1S/C19H24F2N4O2S.HI/c1-5-22-19(23-10-13-9-14(20)7-8-15(13)21)25-12(4)17-24-11(3)16(28-17)18(26)27-6-2;/h7-9,12H,5-6,10H2,1-4H3,(H2,22,23,25);1H. The minimum absolute atomic E-state index is 0. The first-order chi connectivity index (χ1) is 13.3. The van der Waals surface area contributed by atoms with Crippen molar-refractivity contribution in [2.24, 2.45) is 4.99 Å². The van der Waals surface area contributed by atoms with Gasteiger partial charge in [-0.15, -0.1) is 35.3 Å². The van der Waals surface area contributed by atoms with E-state index >= 15 is 0 Å². The van der Waals surface area contributed by atoms with E-state index in [0.717, 1.165) is 18.2 Å². The number of rotatable bonds is 7. The summed E-state index contributed by atoms with van der Waals surface area (Å²) >= 11 is 1.25. The Morgan fingerprint density at radius 2 is 2.07 bits per heavy atom. The molecule has 1 aromatic carbocycles. The molecule has 1 atom stereocenters. The van der Waals surface area contributed by atoms with E-state index in [-0.39, 0.29) is 42.1 Å². The second-order valence-electron chi connectivity index (χ2n) is 5.98. The largest absolute Gasteiger partial charge is 0.462 e. The van der Waals surface area contributed by atoms with Crippen LogP contribution in [0.1, 0.15) is 52.7 Å². The van der Waals surface area contributed by atoms with E-state index in [2.05, 4.69) is 20.6 Å². The van der Waals surface area contributed by atoms with Gasteiger partial charge in [0.15, 0.2) is 5.96 Å². The summed E-state index contributed by atoms with van der Waals surface area (Å²) < 4.78 is 32.1. The molecule has 0 aliphatic carbocycles. The van der Waals surface area contributed by atoms with Gasteiger partial charge < -0.3 is 15.4 Å². The van der Waals surface area contributed by atoms with Crippen molar-refractivity contribution in [3.05, 3.63) is 51.0 Å². The highest BCUT2D eigenvalue weighted by Gasteiger charge is 2.20. The van der Waals surface area contributed by atoms with Crippen LogP contribution in [0, 0.1) is 18.6 Å². The van der Waals surface area contributed by atoms with Crippen LogP contribution in [-0.2, 0) is 11.3 Å². The van der Waals surface area contributed by atoms with Crippen molar-refractivity contribution in [3.63, 3.8) is 0 Å². The first kappa shape index (κ1) is 25.2. The molecule has 0 saturated heterocycles. The van der Waals surface area contributed by atoms with Gasteiger partial charge in [0.1, 0.15) is 21.5 Å². The third-order valence-corrected chi connectivity index (χ3v) is 5.08. The van der Waals surface area contributed by atoms with Gasteiger partial charge in [0.05, 0.1) is 24.9 Å². The van der Waals surface area contributed by atoms with Crippen molar-refractivity contribution < 1.29 is 18.3 Å². The predicted molar refractivity (Wildman–Crippen MR) is 121 cm³/mol. The predicted octanol–water partition coefficient (Wildman–Crippen LogP) is 4.34. The number of hydrogen-bond acceptors (Lipinski definition) is 5. The van der Waals surface area contributed by atoms with Crippen molar-refractivity contribution >= 4 is 47.2 Å². The molecule has 1 unspecified atom stereocenters. The lowest BCUT2D eigenvalue weighted by molar-refractivity contribution is 0.0531. The number of nitrogens with one attached hydrogen (secondary N) is 2. The average molecular weight is 538 g/mol. The zero-order valence-corrected chi connectivity index (χ0v) is 19.9. The molecule has 2 aromatic rings. The molecule has 2 rings (SSSR count). The molecule has 0 saturated carbocycles. The van der Waals surface area contributed by atoms with Crippen LogP contribution < -0.4 is 10.6 Å². The molecule has 0 bridgehead atoms. The molecule has 160 valence electrons. The van der Waals surface area contributed by atoms with Crippen molar-refractivity contribution in [3.8, 4) is 0 Å². The molecular weight excluding hydrogens is 513 g/mol. The number of carbonyl (C=O) groups excluding carboxylic acids is 1. The lowest BCUT2D eigenvalue weighted by Gasteiger charge is -2.16. The highest BCUT2D eigenvalue weighted by molar-refractivity contribution is 14.0. The summed E-state index contributed by atoms with van der Waals surface area (Å²) in [6, 6.07) is 3.03. The Hall–Kier alpha value is -1.82. The van der Waals surface area contributed by atoms with E-state index in [1.165, 1.54) is 11.3 Å². The molecule has 0 radical (unpaired) electrons. The number of esters is 1. The summed E-state index contributed by atoms with van der Waals surface area (Å²) in [4.78, 5) is 21.2. The van der Waals surface area contributed by atoms with Gasteiger partial charge in [0.2, 0.25) is 0 Å². The number of halogens is 3. The summed E-state index contributed by atoms with van der Waals surface area (Å²) in [5.41, 5.74) is 0.774. The maximum atomic E-state index is 13.8. The van der Waals surface area contributed by atoms with Gasteiger partial charge in [0.25, 0.3) is 0 Å². The Kier molecular flexibility index (Phi) is 10.4. The fraction of sp³-hybridized carbons (Fsp3) is 0.421. The number of carbonyl (C=O) groups is 1. The molecule has 0 spiro atoms. The minimum atomic E-state index is -0.511. The average Bonchev–Trinajstić information content (AvgIpc) is 3.04. The molecule has 29 heavy (non-hydrogen) atoms. The van der Waals surface area contributed by atoms with Gasteiger partial charge in [-0.05, 0) is 45.9 Å². The third-order valence-electron chi connectivity index (χ3n) is 3.76. The van der Waals surface area contributed by atoms with Crippen LogP contribution in [0.5, 0.6) is 0 Å². The first-order valence-electron chi connectivity index (χ1n) is 8.98. The van der Waals surface area contributed by atoms with Gasteiger partial charge in [-0.1, -0.05) is 0 Å². The van der Waals surface area contributed by atoms with Crippen LogP contribution in [0.2, 0.25) is 0 Å². The summed E-state index contributed by atoms with van der Waals surface area (Å²) in [6.07, 6.45) is 0. The van der Waals surface area contributed by atoms with Gasteiger partial charge in [-0.2, -0.15) is 0 Å². The lowest BCUT2D eigenvalue weighted by Crippen LogP contribution is -2.38. The van der Waals surface area contributed by atoms with Crippen LogP contribution in [0.15, 0.2) is 23.2 Å². The number of hydrogen-bond donors (Lipinski definition) is 2. The Labute approximate surface area is 190 Å². The van der Waals surface area contributed by atoms with Gasteiger partial charge in [0, 0.05) is 12.1 Å². The second kappa shape index (κ2) is 12.0. The molecule has 0 aliphatic rings. The van der Waals surface area contributed by atoms with E-state index in [1.807, 2.05) is 13.8 Å². The van der Waals surface area contributed by atoms with Crippen molar-refractivity contribution in [2.75, 3.05) is 13.2 Å². The van der Waals surface area contributed by atoms with Gasteiger partial charge >= 0.3 is 5.97 Å². The molecule has 0 aliphatic heterocycles. The molecule has 0 amide bonds. The minimum Gasteiger partial charge on any atom is -0.462 e. The SMILES string of the molecule is CCNC(=NCc1cc(F)ccc1F)NC(C)c1nc(C)c(C(=O)OCC)s1.I. The topological polar surface area (TPSA) is 75.6 Å². The fourth-order valence-electron chi connectivity index (χ4n) is 2.40. The van der Waals surface area contributed by atoms with E-state index in [0.29, 0.717) is 34.7 Å². The van der Waals surface area contributed by atoms with Crippen molar-refractivity contribution in [1.29, 1.82) is 0 Å². The van der Waals surface area contributed by atoms with Crippen LogP contribution in [0.3, 0.4) is 0 Å². The molecule has 2 N–H and O–H groups in total. The Balaban J connectivity index is 0.00000420. The summed E-state index contributed by atoms with van der Waals surface area (Å²) in [5, 5.41) is 6.93. The van der Waals surface area contributed by atoms with Gasteiger partial charge in [-0.3, -0.25) is 0 Å². The maximum absolute atomic E-state index is 13.8. The highest BCUT2D eigenvalue weighted by Crippen LogP contribution is 2.24. The number of aryl methyl sites for hydroxylation is 1. The van der Waals surface area contributed by atoms with Crippen molar-refractivity contribution in [1.82, 2.24) is 15.6 Å². The van der Waals surface area contributed by atoms with Crippen LogP contribution >= 0.6 is 35.3 Å². The number of aromatic nitrogens is 1. The van der Waals surface area contributed by atoms with Gasteiger partial charge in [-0.25, -0.2) is 23.6 Å². The monoisotopic (exact) mass is 538 g/mol. The van der Waals surface area contributed by atoms with Crippen LogP contribution in [0.4, 0.5) is 8.78 Å². The fourth-order valence-corrected chi connectivity index (χ4v) is 3.37. The van der Waals surface area contributed by atoms with Crippen LogP contribution in [0.25, 0.3) is 0 Å². The van der Waals surface area contributed by atoms with Crippen LogP contribution in [-0.4, -0.2) is 30.1 Å². The normalized spacial score (nSPS) is 12.1. The van der Waals surface area contributed by atoms with E-state index in [9.17, 15) is 13.6 Å². The quantitative estimate of drug-likeness (QED) is 0.238. The van der Waals surface area contributed by atoms with Crippen molar-refractivity contribution in [2.45, 2.75) is 40.3 Å². The first-order valence-corrected chi connectivity index (χ1v) is 9.80. The molecule has 10 heteroatoms. The molecule has 1 heterocycles. The number of guanidine groups is 1. The Morgan fingerprint density at radius 1 is 1.34 bits per heavy atom. The molecule has 1 aromatic heterocycles. The number of ether oxygens (including phenoxy) is 1. The summed E-state index contributed by atoms with van der Waals surface area (Å²) in [7, 11) is 0. The lowest BCUT2D eigenvalue weighted by atomic mass is 10.2. The zero-order valence-electron chi connectivity index (χ0n) is 16.7. The molecular formula is C19H25F2IN4O2S. The van der Waals surface area contributed by atoms with E-state index in [4.69, 9.17) is 4.74 Å². The number of aliphatic imine (C=N–C) groups is 1. The van der Waals surface area contributed by atoms with E-state index in [1.54, 1.807) is 13.8 Å². The highest BCUT2D eigenvalue weighted by atomic mass is 127. The second-order valence-corrected chi connectivity index (χ2v) is 7.01. The summed E-state index contributed by atoms with van der Waals surface area (Å²) in [5.74, 6) is -0.978. The zero-order chi connectivity index (χ0) is 20.7. The molecule has 0 fully saturated rings. The Bertz CT molecular complexity index is 861. The smallest absolute Gasteiger partial charge is 0.350 e. The molecule has 6 nitrogen and oxygen atoms in total. The summed E-state index contributed by atoms with van der Waals surface area (Å²) in [6.45, 7) is 8.16. The Morgan fingerprint density at radius 3 is 2.72 bits per heavy atom. The maximum Gasteiger partial charge on any atom is 0.350 e.